The zero-order chi connectivity index (χ0) is 10.9. The molecule has 6 nitrogen and oxygen atoms in total. The number of rotatable bonds is 3. The van der Waals surface area contributed by atoms with Crippen molar-refractivity contribution in [3.8, 4) is 0 Å². The molecule has 6 heteroatoms. The maximum absolute atomic E-state index is 10.6. The van der Waals surface area contributed by atoms with Crippen molar-refractivity contribution in [2.24, 2.45) is 7.05 Å². The first-order chi connectivity index (χ1) is 6.35. The number of carboxylic acid groups (broad SMARTS) is 1. The van der Waals surface area contributed by atoms with Crippen molar-refractivity contribution in [1.82, 2.24) is 15.0 Å². The topological polar surface area (TPSA) is 88.2 Å². The average Bonchev–Trinajstić information content (AvgIpc) is 2.50. The molecule has 0 bridgehead atoms. The molecule has 0 amide bonds. The molecule has 1 aromatic rings. The molecule has 1 atom stereocenters. The van der Waals surface area contributed by atoms with Gasteiger partial charge in [-0.2, -0.15) is 0 Å². The summed E-state index contributed by atoms with van der Waals surface area (Å²) in [7, 11) is 1.68. The summed E-state index contributed by atoms with van der Waals surface area (Å²) in [6, 6.07) is 0. The molecule has 0 fully saturated rings. The number of aliphatic carboxylic acids is 1. The van der Waals surface area contributed by atoms with Crippen molar-refractivity contribution in [3.63, 3.8) is 0 Å². The van der Waals surface area contributed by atoms with Gasteiger partial charge in [-0.1, -0.05) is 19.1 Å². The highest BCUT2D eigenvalue weighted by Crippen LogP contribution is 2.24. The van der Waals surface area contributed by atoms with Crippen LogP contribution in [0.1, 0.15) is 19.5 Å². The zero-order valence-electron chi connectivity index (χ0n) is 8.30. The second-order valence-corrected chi connectivity index (χ2v) is 3.74. The predicted octanol–water partition coefficient (Wildman–Crippen LogP) is -0.462. The van der Waals surface area contributed by atoms with Gasteiger partial charge in [-0.3, -0.25) is 4.68 Å². The monoisotopic (exact) mass is 199 g/mol. The Morgan fingerprint density at radius 3 is 2.57 bits per heavy atom. The maximum Gasteiger partial charge on any atom is 0.333 e. The summed E-state index contributed by atoms with van der Waals surface area (Å²) in [5.41, 5.74) is -0.491. The summed E-state index contributed by atoms with van der Waals surface area (Å²) in [6.07, 6.45) is 0.103. The smallest absolute Gasteiger partial charge is 0.333 e. The predicted molar refractivity (Wildman–Crippen MR) is 47.7 cm³/mol. The van der Waals surface area contributed by atoms with Crippen LogP contribution in [0, 0.1) is 0 Å². The Morgan fingerprint density at radius 1 is 1.64 bits per heavy atom. The van der Waals surface area contributed by atoms with Crippen LogP contribution in [-0.4, -0.2) is 37.3 Å². The molecule has 0 aliphatic rings. The summed E-state index contributed by atoms with van der Waals surface area (Å²) in [4.78, 5) is 10.6. The molecule has 1 rings (SSSR count). The third-order valence-electron chi connectivity index (χ3n) is 2.18. The third kappa shape index (κ3) is 1.74. The van der Waals surface area contributed by atoms with Gasteiger partial charge in [0, 0.05) is 18.7 Å². The fourth-order valence-electron chi connectivity index (χ4n) is 1.09. The maximum atomic E-state index is 10.6. The van der Waals surface area contributed by atoms with Gasteiger partial charge in [0.05, 0.1) is 5.69 Å². The highest BCUT2D eigenvalue weighted by atomic mass is 16.4. The Labute approximate surface area is 81.2 Å². The second kappa shape index (κ2) is 3.38. The lowest BCUT2D eigenvalue weighted by Crippen LogP contribution is -2.40. The van der Waals surface area contributed by atoms with E-state index in [0.717, 1.165) is 0 Å². The highest BCUT2D eigenvalue weighted by Gasteiger charge is 2.37. The number of hydrogen-bond acceptors (Lipinski definition) is 4. The van der Waals surface area contributed by atoms with Crippen LogP contribution in [0.4, 0.5) is 0 Å². The van der Waals surface area contributed by atoms with Crippen LogP contribution in [0.15, 0.2) is 6.20 Å². The summed E-state index contributed by atoms with van der Waals surface area (Å²) in [6.45, 7) is 3.21. The standard InChI is InChI=1S/C8H13N3O3/c1-8(2,6(12)7(13)14)5-4-11(3)10-9-5/h4,6,12H,1-3H3,(H,13,14). The third-order valence-corrected chi connectivity index (χ3v) is 2.18. The number of aromatic nitrogens is 3. The van der Waals surface area contributed by atoms with E-state index in [1.807, 2.05) is 0 Å². The second-order valence-electron chi connectivity index (χ2n) is 3.74. The van der Waals surface area contributed by atoms with E-state index >= 15 is 0 Å². The van der Waals surface area contributed by atoms with E-state index < -0.39 is 17.5 Å². The number of aliphatic hydroxyl groups is 1. The number of nitrogens with zero attached hydrogens (tertiary/aromatic N) is 3. The highest BCUT2D eigenvalue weighted by molar-refractivity contribution is 5.74. The van der Waals surface area contributed by atoms with E-state index in [2.05, 4.69) is 10.3 Å². The lowest BCUT2D eigenvalue weighted by molar-refractivity contribution is -0.150. The van der Waals surface area contributed by atoms with Crippen LogP contribution >= 0.6 is 0 Å². The fourth-order valence-corrected chi connectivity index (χ4v) is 1.09. The summed E-state index contributed by atoms with van der Waals surface area (Å²) in [5, 5.41) is 25.6. The largest absolute Gasteiger partial charge is 0.479 e. The lowest BCUT2D eigenvalue weighted by Gasteiger charge is -2.24. The number of hydrogen-bond donors (Lipinski definition) is 2. The Hall–Kier alpha value is -1.43. The van der Waals surface area contributed by atoms with Crippen LogP contribution in [0.2, 0.25) is 0 Å². The zero-order valence-corrected chi connectivity index (χ0v) is 8.30. The van der Waals surface area contributed by atoms with Crippen molar-refractivity contribution < 1.29 is 15.0 Å². The van der Waals surface area contributed by atoms with E-state index in [-0.39, 0.29) is 0 Å². The molecule has 2 N–H and O–H groups in total. The average molecular weight is 199 g/mol. The first kappa shape index (κ1) is 10.6. The molecule has 1 aromatic heterocycles. The van der Waals surface area contributed by atoms with E-state index in [0.29, 0.717) is 5.69 Å². The molecule has 0 radical (unpaired) electrons. The van der Waals surface area contributed by atoms with Gasteiger partial charge in [0.1, 0.15) is 0 Å². The molecule has 14 heavy (non-hydrogen) atoms. The first-order valence-corrected chi connectivity index (χ1v) is 4.13. The van der Waals surface area contributed by atoms with Crippen LogP contribution in [0.25, 0.3) is 0 Å². The minimum atomic E-state index is -1.49. The summed E-state index contributed by atoms with van der Waals surface area (Å²) >= 11 is 0. The van der Waals surface area contributed by atoms with Gasteiger partial charge < -0.3 is 10.2 Å². The van der Waals surface area contributed by atoms with Gasteiger partial charge in [-0.05, 0) is 0 Å². The van der Waals surface area contributed by atoms with Gasteiger partial charge in [0.15, 0.2) is 6.10 Å². The van der Waals surface area contributed by atoms with Gasteiger partial charge >= 0.3 is 5.97 Å². The van der Waals surface area contributed by atoms with E-state index in [1.165, 1.54) is 4.68 Å². The SMILES string of the molecule is Cn1cc(C(C)(C)C(O)C(=O)O)nn1. The van der Waals surface area contributed by atoms with Crippen molar-refractivity contribution in [1.29, 1.82) is 0 Å². The van der Waals surface area contributed by atoms with Crippen LogP contribution < -0.4 is 0 Å². The van der Waals surface area contributed by atoms with Crippen LogP contribution in [-0.2, 0) is 17.3 Å². The van der Waals surface area contributed by atoms with Gasteiger partial charge in [-0.25, -0.2) is 4.79 Å². The number of carbonyl (C=O) groups is 1. The normalized spacial score (nSPS) is 14.0. The molecule has 78 valence electrons. The fraction of sp³-hybridized carbons (Fsp3) is 0.625. The Balaban J connectivity index is 3.01. The summed E-state index contributed by atoms with van der Waals surface area (Å²) < 4.78 is 1.46. The van der Waals surface area contributed by atoms with Gasteiger partial charge in [0.2, 0.25) is 0 Å². The molecular formula is C8H13N3O3. The van der Waals surface area contributed by atoms with Crippen LogP contribution in [0.3, 0.4) is 0 Å². The molecular weight excluding hydrogens is 186 g/mol. The molecule has 1 unspecified atom stereocenters. The number of aryl methyl sites for hydroxylation is 1. The molecule has 1 heterocycles. The molecule has 0 saturated carbocycles. The lowest BCUT2D eigenvalue weighted by atomic mass is 9.83. The van der Waals surface area contributed by atoms with Crippen molar-refractivity contribution >= 4 is 5.97 Å². The van der Waals surface area contributed by atoms with E-state index in [1.54, 1.807) is 27.1 Å². The molecule has 0 saturated heterocycles. The molecule has 0 aliphatic heterocycles. The quantitative estimate of drug-likeness (QED) is 0.687. The van der Waals surface area contributed by atoms with Crippen molar-refractivity contribution in [2.45, 2.75) is 25.4 Å². The van der Waals surface area contributed by atoms with Gasteiger partial charge in [-0.15, -0.1) is 5.10 Å². The van der Waals surface area contributed by atoms with Crippen molar-refractivity contribution in [2.75, 3.05) is 0 Å². The molecule has 0 aliphatic carbocycles. The molecule has 0 aromatic carbocycles. The minimum Gasteiger partial charge on any atom is -0.479 e. The Bertz CT molecular complexity index is 345. The first-order valence-electron chi connectivity index (χ1n) is 4.13. The van der Waals surface area contributed by atoms with Gasteiger partial charge in [0.25, 0.3) is 0 Å². The Morgan fingerprint density at radius 2 is 2.21 bits per heavy atom. The van der Waals surface area contributed by atoms with E-state index in [9.17, 15) is 9.90 Å². The summed E-state index contributed by atoms with van der Waals surface area (Å²) in [5.74, 6) is -1.26. The van der Waals surface area contributed by atoms with E-state index in [4.69, 9.17) is 5.11 Å². The minimum absolute atomic E-state index is 0.454. The Kier molecular flexibility index (Phi) is 2.57. The number of carboxylic acids is 1. The van der Waals surface area contributed by atoms with Crippen LogP contribution in [0.5, 0.6) is 0 Å². The van der Waals surface area contributed by atoms with Crippen molar-refractivity contribution in [3.05, 3.63) is 11.9 Å². The number of aliphatic hydroxyl groups excluding tert-OH is 1. The molecule has 0 spiro atoms.